The molecule has 1 aromatic carbocycles. The van der Waals surface area contributed by atoms with Crippen LogP contribution in [0.3, 0.4) is 0 Å². The Morgan fingerprint density at radius 2 is 2.08 bits per heavy atom. The number of rotatable bonds is 3. The van der Waals surface area contributed by atoms with Crippen molar-refractivity contribution in [3.63, 3.8) is 0 Å². The van der Waals surface area contributed by atoms with E-state index in [0.29, 0.717) is 30.0 Å². The van der Waals surface area contributed by atoms with Crippen molar-refractivity contribution in [2.24, 2.45) is 5.41 Å². The summed E-state index contributed by atoms with van der Waals surface area (Å²) in [6, 6.07) is 7.33. The molecule has 1 fully saturated rings. The monoisotopic (exact) mass is 328 g/mol. The Labute approximate surface area is 140 Å². The predicted octanol–water partition coefficient (Wildman–Crippen LogP) is 2.49. The molecule has 1 unspecified atom stereocenters. The summed E-state index contributed by atoms with van der Waals surface area (Å²) in [7, 11) is 1.60. The van der Waals surface area contributed by atoms with E-state index in [1.54, 1.807) is 25.9 Å². The van der Waals surface area contributed by atoms with Gasteiger partial charge >= 0.3 is 5.97 Å². The van der Waals surface area contributed by atoms with Crippen LogP contribution in [0.5, 0.6) is 5.75 Å². The number of carbonyl (C=O) groups is 2. The quantitative estimate of drug-likeness (QED) is 0.936. The minimum atomic E-state index is -0.874. The van der Waals surface area contributed by atoms with Crippen LogP contribution >= 0.6 is 0 Å². The summed E-state index contributed by atoms with van der Waals surface area (Å²) in [5.74, 6) is -0.314. The lowest BCUT2D eigenvalue weighted by atomic mass is 9.90. The third kappa shape index (κ3) is 2.68. The van der Waals surface area contributed by atoms with Gasteiger partial charge in [0.1, 0.15) is 5.75 Å². The van der Waals surface area contributed by atoms with E-state index < -0.39 is 11.4 Å². The van der Waals surface area contributed by atoms with Gasteiger partial charge in [-0.1, -0.05) is 0 Å². The number of nitrogens with zero attached hydrogens (tertiary/aromatic N) is 2. The topological polar surface area (TPSA) is 79.7 Å². The van der Waals surface area contributed by atoms with E-state index in [1.807, 2.05) is 24.3 Å². The molecule has 0 aliphatic carbocycles. The number of carbonyl (C=O) groups excluding carboxylic acids is 1. The fourth-order valence-electron chi connectivity index (χ4n) is 3.07. The molecular formula is C18H20N2O4. The van der Waals surface area contributed by atoms with Crippen LogP contribution in [-0.2, 0) is 4.79 Å². The number of methoxy groups -OCH3 is 1. The summed E-state index contributed by atoms with van der Waals surface area (Å²) in [4.78, 5) is 30.3. The van der Waals surface area contributed by atoms with Crippen LogP contribution in [-0.4, -0.2) is 47.1 Å². The molecule has 126 valence electrons. The molecule has 2 heterocycles. The number of likely N-dealkylation sites (tertiary alicyclic amines) is 1. The van der Waals surface area contributed by atoms with Gasteiger partial charge in [-0.3, -0.25) is 14.6 Å². The summed E-state index contributed by atoms with van der Waals surface area (Å²) in [6.07, 6.45) is 0.464. The summed E-state index contributed by atoms with van der Waals surface area (Å²) in [5.41, 5.74) is 1.04. The molecule has 0 saturated carbocycles. The number of aryl methyl sites for hydroxylation is 1. The predicted molar refractivity (Wildman–Crippen MR) is 89.3 cm³/mol. The normalized spacial score (nSPS) is 20.4. The van der Waals surface area contributed by atoms with Gasteiger partial charge in [0.25, 0.3) is 5.91 Å². The van der Waals surface area contributed by atoms with Gasteiger partial charge in [0, 0.05) is 24.5 Å². The summed E-state index contributed by atoms with van der Waals surface area (Å²) in [6.45, 7) is 4.14. The second kappa shape index (κ2) is 5.78. The van der Waals surface area contributed by atoms with Crippen LogP contribution in [0.25, 0.3) is 10.9 Å². The van der Waals surface area contributed by atoms with Gasteiger partial charge in [-0.05, 0) is 38.5 Å². The van der Waals surface area contributed by atoms with E-state index in [9.17, 15) is 14.7 Å². The van der Waals surface area contributed by atoms with Gasteiger partial charge in [-0.2, -0.15) is 0 Å². The average molecular weight is 328 g/mol. The number of ether oxygens (including phenoxy) is 1. The van der Waals surface area contributed by atoms with Crippen molar-refractivity contribution in [3.8, 4) is 5.75 Å². The first-order valence-corrected chi connectivity index (χ1v) is 7.82. The Balaban J connectivity index is 1.93. The highest BCUT2D eigenvalue weighted by molar-refractivity contribution is 5.99. The van der Waals surface area contributed by atoms with E-state index in [-0.39, 0.29) is 12.5 Å². The highest BCUT2D eigenvalue weighted by atomic mass is 16.5. The molecule has 1 amide bonds. The number of hydrogen-bond acceptors (Lipinski definition) is 4. The molecule has 2 aromatic rings. The highest BCUT2D eigenvalue weighted by Gasteiger charge is 2.42. The number of carboxylic acids is 1. The Morgan fingerprint density at radius 3 is 2.71 bits per heavy atom. The van der Waals surface area contributed by atoms with Crippen molar-refractivity contribution in [1.82, 2.24) is 9.88 Å². The van der Waals surface area contributed by atoms with E-state index >= 15 is 0 Å². The lowest BCUT2D eigenvalue weighted by molar-refractivity contribution is -0.147. The first kappa shape index (κ1) is 16.2. The molecule has 0 spiro atoms. The highest BCUT2D eigenvalue weighted by Crippen LogP contribution is 2.32. The zero-order valence-electron chi connectivity index (χ0n) is 14.0. The Bertz CT molecular complexity index is 833. The largest absolute Gasteiger partial charge is 0.497 e. The van der Waals surface area contributed by atoms with Crippen molar-refractivity contribution >= 4 is 22.8 Å². The molecule has 24 heavy (non-hydrogen) atoms. The van der Waals surface area contributed by atoms with Crippen LogP contribution in [0.15, 0.2) is 24.3 Å². The molecule has 6 nitrogen and oxygen atoms in total. The molecular weight excluding hydrogens is 308 g/mol. The number of fused-ring (bicyclic) bond motifs is 1. The summed E-state index contributed by atoms with van der Waals surface area (Å²) in [5, 5.41) is 10.2. The molecule has 6 heteroatoms. The van der Waals surface area contributed by atoms with Crippen molar-refractivity contribution in [3.05, 3.63) is 35.5 Å². The summed E-state index contributed by atoms with van der Waals surface area (Å²) < 4.78 is 5.20. The van der Waals surface area contributed by atoms with Gasteiger partial charge < -0.3 is 14.7 Å². The third-order valence-corrected chi connectivity index (χ3v) is 4.72. The molecule has 1 saturated heterocycles. The van der Waals surface area contributed by atoms with Crippen LogP contribution in [0.4, 0.5) is 0 Å². The second-order valence-corrected chi connectivity index (χ2v) is 6.52. The third-order valence-electron chi connectivity index (χ3n) is 4.72. The fourth-order valence-corrected chi connectivity index (χ4v) is 3.07. The molecule has 1 aliphatic rings. The van der Waals surface area contributed by atoms with E-state index in [1.165, 1.54) is 0 Å². The van der Waals surface area contributed by atoms with Gasteiger partial charge in [0.15, 0.2) is 0 Å². The first-order chi connectivity index (χ1) is 11.3. The Kier molecular flexibility index (Phi) is 3.91. The molecule has 1 aliphatic heterocycles. The van der Waals surface area contributed by atoms with Crippen molar-refractivity contribution < 1.29 is 19.4 Å². The molecule has 1 atom stereocenters. The molecule has 1 N–H and O–H groups in total. The number of amides is 1. The Morgan fingerprint density at radius 1 is 1.33 bits per heavy atom. The smallest absolute Gasteiger partial charge is 0.311 e. The molecule has 3 rings (SSSR count). The number of aliphatic carboxylic acids is 1. The van der Waals surface area contributed by atoms with Gasteiger partial charge in [-0.25, -0.2) is 0 Å². The second-order valence-electron chi connectivity index (χ2n) is 6.52. The van der Waals surface area contributed by atoms with Gasteiger partial charge in [-0.15, -0.1) is 0 Å². The van der Waals surface area contributed by atoms with Crippen molar-refractivity contribution in [2.75, 3.05) is 20.2 Å². The van der Waals surface area contributed by atoms with Gasteiger partial charge in [0.2, 0.25) is 0 Å². The number of aromatic nitrogens is 1. The van der Waals surface area contributed by atoms with E-state index in [4.69, 9.17) is 4.74 Å². The maximum absolute atomic E-state index is 12.8. The molecule has 0 radical (unpaired) electrons. The average Bonchev–Trinajstić information content (AvgIpc) is 2.97. The standard InChI is InChI=1S/C18H20N2O4/c1-11-14(8-12-4-5-13(24-3)9-15(12)19-11)16(21)20-7-6-18(2,10-20)17(22)23/h4-5,8-9H,6-7,10H2,1-3H3,(H,22,23). The number of carboxylic acid groups (broad SMARTS) is 1. The minimum Gasteiger partial charge on any atom is -0.497 e. The fraction of sp³-hybridized carbons (Fsp3) is 0.389. The van der Waals surface area contributed by atoms with Crippen LogP contribution in [0.1, 0.15) is 29.4 Å². The zero-order chi connectivity index (χ0) is 17.5. The summed E-state index contributed by atoms with van der Waals surface area (Å²) >= 11 is 0. The van der Waals surface area contributed by atoms with Crippen LogP contribution in [0.2, 0.25) is 0 Å². The van der Waals surface area contributed by atoms with Gasteiger partial charge in [0.05, 0.1) is 29.3 Å². The number of pyridine rings is 1. The van der Waals surface area contributed by atoms with Crippen molar-refractivity contribution in [2.45, 2.75) is 20.3 Å². The van der Waals surface area contributed by atoms with E-state index in [2.05, 4.69) is 4.98 Å². The molecule has 0 bridgehead atoms. The first-order valence-electron chi connectivity index (χ1n) is 7.82. The minimum absolute atomic E-state index is 0.164. The van der Waals surface area contributed by atoms with E-state index in [0.717, 1.165) is 10.9 Å². The SMILES string of the molecule is COc1ccc2cc(C(=O)N3CCC(C)(C(=O)O)C3)c(C)nc2c1. The maximum atomic E-state index is 12.8. The van der Waals surface area contributed by atoms with Crippen LogP contribution in [0, 0.1) is 12.3 Å². The number of hydrogen-bond donors (Lipinski definition) is 1. The zero-order valence-corrected chi connectivity index (χ0v) is 14.0. The lowest BCUT2D eigenvalue weighted by Gasteiger charge is -2.21. The molecule has 1 aromatic heterocycles. The number of benzene rings is 1. The lowest BCUT2D eigenvalue weighted by Crippen LogP contribution is -2.35. The van der Waals surface area contributed by atoms with Crippen LogP contribution < -0.4 is 4.74 Å². The Hall–Kier alpha value is -2.63. The van der Waals surface area contributed by atoms with Crippen molar-refractivity contribution in [1.29, 1.82) is 0 Å². The maximum Gasteiger partial charge on any atom is 0.311 e.